The Labute approximate surface area is 602 Å². The number of nitrogens with one attached hydrogen (secondary N) is 2. The second kappa shape index (κ2) is 25.5. The number of hydrogen-bond acceptors (Lipinski definition) is 22. The van der Waals surface area contributed by atoms with Crippen LogP contribution in [0, 0.1) is 27.7 Å². The van der Waals surface area contributed by atoms with Gasteiger partial charge in [-0.25, -0.2) is 49.1 Å². The predicted molar refractivity (Wildman–Crippen MR) is 391 cm³/mol. The van der Waals surface area contributed by atoms with Gasteiger partial charge in [0.1, 0.15) is 90.9 Å². The molecule has 17 rings (SSSR count). The van der Waals surface area contributed by atoms with Crippen molar-refractivity contribution in [3.8, 4) is 91.5 Å². The van der Waals surface area contributed by atoms with Crippen LogP contribution in [-0.2, 0) is 44.9 Å². The molecule has 108 heavy (non-hydrogen) atoms. The first kappa shape index (κ1) is 66.3. The quantitative estimate of drug-likeness (QED) is 0.0489. The summed E-state index contributed by atoms with van der Waals surface area (Å²) in [5, 5.41) is 42.2. The van der Waals surface area contributed by atoms with E-state index in [1.54, 1.807) is 149 Å². The Bertz CT molecular complexity index is 6610. The summed E-state index contributed by atoms with van der Waals surface area (Å²) in [7, 11) is 0. The molecule has 28 heteroatoms. The Morgan fingerprint density at radius 3 is 0.907 bits per heavy atom. The van der Waals surface area contributed by atoms with Crippen LogP contribution in [0.1, 0.15) is 44.5 Å². The summed E-state index contributed by atoms with van der Waals surface area (Å²) in [6.45, 7) is 6.65. The Kier molecular flexibility index (Phi) is 15.6. The first-order valence-electron chi connectivity index (χ1n) is 33.2. The fourth-order valence-electron chi connectivity index (χ4n) is 14.0. The SMILES string of the molecule is Cc1c(Oc2cccc3c2-c2nc-3nc3[nH]c(nc4nc(nc5[nH]c(n2)c2cccc(Oc6ccc7c(CC(=O)O)cc(=O)oc7c6C)c52)-c2cccc(Oc5ccc6c(CC(=O)O)cc(=O)oc6c5C)c2-4)c2cccc(Oc4ccc5c(CC(=O)O)cc(=O)oc5c4C)c32)ccc2c(CC(=O)O)cc(=O)oc12. The monoisotopic (exact) mass is 1440 g/mol. The van der Waals surface area contributed by atoms with Gasteiger partial charge in [-0.1, -0.05) is 48.5 Å². The molecule has 9 heterocycles. The molecule has 0 amide bonds. The molecule has 0 radical (unpaired) electrons. The molecule has 0 unspecified atom stereocenters. The van der Waals surface area contributed by atoms with E-state index >= 15 is 0 Å². The number of carboxylic acid groups (broad SMARTS) is 4. The third kappa shape index (κ3) is 11.5. The lowest BCUT2D eigenvalue weighted by molar-refractivity contribution is -0.137. The van der Waals surface area contributed by atoms with Crippen LogP contribution in [0.5, 0.6) is 46.0 Å². The van der Waals surface area contributed by atoms with Gasteiger partial charge in [-0.05, 0) is 123 Å². The van der Waals surface area contributed by atoms with Crippen LogP contribution < -0.4 is 41.4 Å². The van der Waals surface area contributed by atoms with Crippen molar-refractivity contribution in [2.24, 2.45) is 0 Å². The highest BCUT2D eigenvalue weighted by Gasteiger charge is 2.30. The van der Waals surface area contributed by atoms with Gasteiger partial charge in [0.25, 0.3) is 0 Å². The van der Waals surface area contributed by atoms with E-state index in [2.05, 4.69) is 9.97 Å². The van der Waals surface area contributed by atoms with Crippen LogP contribution in [0.15, 0.2) is 182 Å². The largest absolute Gasteiger partial charge is 0.481 e. The minimum atomic E-state index is -1.16. The summed E-state index contributed by atoms with van der Waals surface area (Å²) in [6.07, 6.45) is -1.83. The molecule has 2 aliphatic rings. The van der Waals surface area contributed by atoms with Crippen molar-refractivity contribution in [2.45, 2.75) is 53.4 Å². The van der Waals surface area contributed by atoms with Crippen LogP contribution in [0.2, 0.25) is 0 Å². The highest BCUT2D eigenvalue weighted by Crippen LogP contribution is 2.48. The minimum absolute atomic E-state index is 0.0360. The molecule has 2 aliphatic heterocycles. The van der Waals surface area contributed by atoms with Crippen LogP contribution in [-0.4, -0.2) is 84.2 Å². The third-order valence-corrected chi connectivity index (χ3v) is 18.8. The Hall–Kier alpha value is -15.0. The molecule has 530 valence electrons. The first-order chi connectivity index (χ1) is 52.0. The minimum Gasteiger partial charge on any atom is -0.481 e. The molecular formula is C80H50N8O20. The number of hydrogen-bond donors (Lipinski definition) is 6. The van der Waals surface area contributed by atoms with Crippen molar-refractivity contribution >= 4 is 112 Å². The highest BCUT2D eigenvalue weighted by molar-refractivity contribution is 6.11. The van der Waals surface area contributed by atoms with Gasteiger partial charge < -0.3 is 67.0 Å². The zero-order chi connectivity index (χ0) is 74.8. The number of fused-ring (bicyclic) bond motifs is 24. The zero-order valence-corrected chi connectivity index (χ0v) is 56.7. The van der Waals surface area contributed by atoms with E-state index in [0.717, 1.165) is 24.3 Å². The van der Waals surface area contributed by atoms with Gasteiger partial charge in [0, 0.05) is 90.0 Å². The molecule has 8 aromatic carbocycles. The van der Waals surface area contributed by atoms with Crippen LogP contribution in [0.25, 0.3) is 134 Å². The van der Waals surface area contributed by atoms with Crippen molar-refractivity contribution in [3.63, 3.8) is 0 Å². The van der Waals surface area contributed by atoms with Gasteiger partial charge in [-0.2, -0.15) is 0 Å². The number of carbonyl (C=O) groups is 4. The second-order valence-electron chi connectivity index (χ2n) is 25.6. The van der Waals surface area contributed by atoms with Crippen molar-refractivity contribution in [3.05, 3.63) is 232 Å². The van der Waals surface area contributed by atoms with E-state index in [9.17, 15) is 58.8 Å². The molecule has 6 N–H and O–H groups in total. The smallest absolute Gasteiger partial charge is 0.336 e. The fraction of sp³-hybridized carbons (Fsp3) is 0.100. The number of ether oxygens (including phenoxy) is 4. The maximum atomic E-state index is 13.0. The molecule has 8 bridgehead atoms. The normalized spacial score (nSPS) is 11.7. The van der Waals surface area contributed by atoms with E-state index in [4.69, 9.17) is 66.5 Å². The maximum absolute atomic E-state index is 13.0. The standard InChI is InChI=1S/C80H50N8O20/c1-33-49(21-17-41-37(25-57(89)90)29-61(97)105-69(33)41)101-53-13-5-9-45-65(53)77-81-73(45)86-78-67-47(11-7-15-55(67)103-51-23-19-43-39(27-59(93)94)31-63(99)107-71(43)35(51)3)75(83-78)88-80-68-48(12-8-16-56(68)104-52-24-20-44-40(28-60(95)96)32-64(100)108-72(44)36(52)4)76(84-80)87-79-66-46(74(82-79)85-77)10-6-14-54(66)102-50-22-18-42-38(26-58(91)92)30-62(98)106-70(42)34(50)2/h5-24,29-32H,25-28H2,1-4H3,(H,89,90)(H,91,92)(H,93,94)(H,95,96)(H2,81,82,83,84,85,86,87,88). The van der Waals surface area contributed by atoms with E-state index in [1.165, 1.54) is 0 Å². The highest BCUT2D eigenvalue weighted by atomic mass is 16.5. The van der Waals surface area contributed by atoms with E-state index in [-0.39, 0.29) is 136 Å². The molecule has 0 aliphatic carbocycles. The first-order valence-corrected chi connectivity index (χ1v) is 33.2. The Morgan fingerprint density at radius 1 is 0.324 bits per heavy atom. The van der Waals surface area contributed by atoms with Crippen LogP contribution >= 0.6 is 0 Å². The lowest BCUT2D eigenvalue weighted by Gasteiger charge is -2.14. The molecular weight excluding hydrogens is 1390 g/mol. The van der Waals surface area contributed by atoms with Crippen LogP contribution in [0.4, 0.5) is 0 Å². The number of nitrogens with zero attached hydrogens (tertiary/aromatic N) is 6. The van der Waals surface area contributed by atoms with E-state index in [1.807, 2.05) is 0 Å². The number of aromatic nitrogens is 8. The molecule has 0 fully saturated rings. The summed E-state index contributed by atoms with van der Waals surface area (Å²) >= 11 is 0. The van der Waals surface area contributed by atoms with Gasteiger partial charge in [0.2, 0.25) is 0 Å². The summed E-state index contributed by atoms with van der Waals surface area (Å²) < 4.78 is 50.3. The molecule has 0 spiro atoms. The summed E-state index contributed by atoms with van der Waals surface area (Å²) in [5.41, 5.74) is 1.60. The Balaban J connectivity index is 0.937. The number of aromatic amines is 2. The maximum Gasteiger partial charge on any atom is 0.336 e. The lowest BCUT2D eigenvalue weighted by Crippen LogP contribution is -2.07. The number of H-pyrrole nitrogens is 2. The van der Waals surface area contributed by atoms with Gasteiger partial charge in [-0.3, -0.25) is 19.2 Å². The number of carboxylic acids is 4. The average Bonchev–Trinajstić information content (AvgIpc) is 1.55. The summed E-state index contributed by atoms with van der Waals surface area (Å²) in [4.78, 5) is 139. The fourth-order valence-corrected chi connectivity index (χ4v) is 14.0. The second-order valence-corrected chi connectivity index (χ2v) is 25.6. The Morgan fingerprint density at radius 2 is 0.602 bits per heavy atom. The number of aliphatic carboxylic acids is 4. The van der Waals surface area contributed by atoms with Gasteiger partial charge in [0.15, 0.2) is 23.3 Å². The molecule has 0 atom stereocenters. The van der Waals surface area contributed by atoms with Crippen molar-refractivity contribution in [2.75, 3.05) is 0 Å². The molecule has 28 nitrogen and oxygen atoms in total. The van der Waals surface area contributed by atoms with Crippen molar-refractivity contribution in [1.29, 1.82) is 0 Å². The third-order valence-electron chi connectivity index (χ3n) is 18.8. The molecule has 7 aromatic heterocycles. The van der Waals surface area contributed by atoms with Gasteiger partial charge in [0.05, 0.1) is 47.6 Å². The van der Waals surface area contributed by atoms with Crippen molar-refractivity contribution in [1.82, 2.24) is 39.9 Å². The topological polar surface area (TPSA) is 416 Å². The predicted octanol–water partition coefficient (Wildman–Crippen LogP) is 14.2. The molecule has 0 saturated carbocycles. The molecule has 0 saturated heterocycles. The van der Waals surface area contributed by atoms with E-state index < -0.39 is 72.1 Å². The number of rotatable bonds is 16. The van der Waals surface area contributed by atoms with E-state index in [0.29, 0.717) is 87.6 Å². The summed E-state index contributed by atoms with van der Waals surface area (Å²) in [5.74, 6) is -2.80. The van der Waals surface area contributed by atoms with Crippen molar-refractivity contribution < 1.29 is 76.2 Å². The number of benzene rings is 8. The average molecular weight is 1440 g/mol. The number of aryl methyl sites for hydroxylation is 4. The van der Waals surface area contributed by atoms with Crippen LogP contribution in [0.3, 0.4) is 0 Å². The summed E-state index contributed by atoms with van der Waals surface area (Å²) in [6, 6.07) is 38.1. The zero-order valence-electron chi connectivity index (χ0n) is 56.7. The van der Waals surface area contributed by atoms with Gasteiger partial charge in [-0.15, -0.1) is 0 Å². The lowest BCUT2D eigenvalue weighted by atomic mass is 10.0. The van der Waals surface area contributed by atoms with Gasteiger partial charge >= 0.3 is 46.4 Å². The molecule has 15 aromatic rings.